The molecule has 0 aliphatic carbocycles. The number of benzene rings is 1. The van der Waals surface area contributed by atoms with Gasteiger partial charge in [0, 0.05) is 0 Å². The molecule has 0 N–H and O–H groups in total. The SMILES string of the molecule is CCOC(=O)N1c2ccccc2O[C@@H]1C#N. The molecule has 0 aromatic heterocycles. The minimum Gasteiger partial charge on any atom is -0.454 e. The molecule has 1 atom stereocenters. The molecule has 0 saturated carbocycles. The molecule has 1 aliphatic rings. The Morgan fingerprint density at radius 3 is 3.06 bits per heavy atom. The summed E-state index contributed by atoms with van der Waals surface area (Å²) in [5.74, 6) is 0.516. The molecule has 5 nitrogen and oxygen atoms in total. The molecular weight excluding hydrogens is 208 g/mol. The lowest BCUT2D eigenvalue weighted by molar-refractivity contribution is 0.151. The lowest BCUT2D eigenvalue weighted by Crippen LogP contribution is -2.39. The monoisotopic (exact) mass is 218 g/mol. The van der Waals surface area contributed by atoms with E-state index in [0.29, 0.717) is 11.4 Å². The van der Waals surface area contributed by atoms with Crippen LogP contribution in [-0.4, -0.2) is 18.9 Å². The van der Waals surface area contributed by atoms with E-state index in [0.717, 1.165) is 0 Å². The predicted octanol–water partition coefficient (Wildman–Crippen LogP) is 1.89. The van der Waals surface area contributed by atoms with Crippen LogP contribution in [0.2, 0.25) is 0 Å². The van der Waals surface area contributed by atoms with Gasteiger partial charge in [0.05, 0.1) is 12.3 Å². The maximum absolute atomic E-state index is 11.6. The Hall–Kier alpha value is -2.22. The fraction of sp³-hybridized carbons (Fsp3) is 0.273. The molecule has 0 saturated heterocycles. The molecule has 0 radical (unpaired) electrons. The molecule has 2 rings (SSSR count). The number of ether oxygens (including phenoxy) is 2. The van der Waals surface area contributed by atoms with Gasteiger partial charge in [-0.3, -0.25) is 0 Å². The zero-order valence-corrected chi connectivity index (χ0v) is 8.71. The molecule has 1 aromatic carbocycles. The first kappa shape index (κ1) is 10.3. The van der Waals surface area contributed by atoms with E-state index < -0.39 is 12.3 Å². The first-order valence-corrected chi connectivity index (χ1v) is 4.89. The Kier molecular flexibility index (Phi) is 2.64. The minimum atomic E-state index is -0.948. The molecule has 1 heterocycles. The van der Waals surface area contributed by atoms with E-state index in [1.165, 1.54) is 4.90 Å². The molecule has 0 bridgehead atoms. The van der Waals surface area contributed by atoms with Crippen molar-refractivity contribution in [3.63, 3.8) is 0 Å². The number of para-hydroxylation sites is 2. The van der Waals surface area contributed by atoms with Gasteiger partial charge in [-0.2, -0.15) is 5.26 Å². The molecule has 0 spiro atoms. The van der Waals surface area contributed by atoms with E-state index in [1.807, 2.05) is 6.07 Å². The van der Waals surface area contributed by atoms with Gasteiger partial charge < -0.3 is 9.47 Å². The van der Waals surface area contributed by atoms with E-state index in [1.54, 1.807) is 31.2 Å². The lowest BCUT2D eigenvalue weighted by Gasteiger charge is -2.16. The number of hydrogen-bond acceptors (Lipinski definition) is 4. The van der Waals surface area contributed by atoms with Crippen molar-refractivity contribution < 1.29 is 14.3 Å². The van der Waals surface area contributed by atoms with Gasteiger partial charge in [0.2, 0.25) is 0 Å². The number of carbonyl (C=O) groups excluding carboxylic acids is 1. The molecular formula is C11H10N2O3. The Labute approximate surface area is 92.8 Å². The first-order valence-electron chi connectivity index (χ1n) is 4.89. The Morgan fingerprint density at radius 2 is 2.38 bits per heavy atom. The Morgan fingerprint density at radius 1 is 1.62 bits per heavy atom. The van der Waals surface area contributed by atoms with Crippen LogP contribution in [-0.2, 0) is 4.74 Å². The van der Waals surface area contributed by atoms with Gasteiger partial charge in [-0.15, -0.1) is 0 Å². The summed E-state index contributed by atoms with van der Waals surface area (Å²) >= 11 is 0. The van der Waals surface area contributed by atoms with Crippen molar-refractivity contribution >= 4 is 11.8 Å². The third-order valence-electron chi connectivity index (χ3n) is 2.17. The fourth-order valence-electron chi connectivity index (χ4n) is 1.53. The quantitative estimate of drug-likeness (QED) is 0.722. The van der Waals surface area contributed by atoms with Crippen LogP contribution >= 0.6 is 0 Å². The molecule has 82 valence electrons. The van der Waals surface area contributed by atoms with Crippen LogP contribution < -0.4 is 9.64 Å². The third kappa shape index (κ3) is 1.54. The highest BCUT2D eigenvalue weighted by Gasteiger charge is 2.36. The summed E-state index contributed by atoms with van der Waals surface area (Å²) in [5.41, 5.74) is 0.563. The minimum absolute atomic E-state index is 0.260. The van der Waals surface area contributed by atoms with Gasteiger partial charge >= 0.3 is 6.09 Å². The predicted molar refractivity (Wildman–Crippen MR) is 56.0 cm³/mol. The summed E-state index contributed by atoms with van der Waals surface area (Å²) in [7, 11) is 0. The smallest absolute Gasteiger partial charge is 0.418 e. The topological polar surface area (TPSA) is 62.6 Å². The van der Waals surface area contributed by atoms with Crippen LogP contribution in [0.25, 0.3) is 0 Å². The molecule has 0 fully saturated rings. The van der Waals surface area contributed by atoms with Crippen molar-refractivity contribution in [1.82, 2.24) is 0 Å². The summed E-state index contributed by atoms with van der Waals surface area (Å²) in [6, 6.07) is 8.87. The van der Waals surface area contributed by atoms with Crippen molar-refractivity contribution in [2.45, 2.75) is 13.2 Å². The highest BCUT2D eigenvalue weighted by Crippen LogP contribution is 2.36. The maximum Gasteiger partial charge on any atom is 0.418 e. The second-order valence-electron chi connectivity index (χ2n) is 3.14. The average molecular weight is 218 g/mol. The number of fused-ring (bicyclic) bond motifs is 1. The molecule has 1 aromatic rings. The van der Waals surface area contributed by atoms with E-state index >= 15 is 0 Å². The van der Waals surface area contributed by atoms with Crippen molar-refractivity contribution in [1.29, 1.82) is 5.26 Å². The van der Waals surface area contributed by atoms with Crippen molar-refractivity contribution in [2.75, 3.05) is 11.5 Å². The second kappa shape index (κ2) is 4.11. The van der Waals surface area contributed by atoms with Gasteiger partial charge in [-0.25, -0.2) is 9.69 Å². The molecule has 1 amide bonds. The summed E-state index contributed by atoms with van der Waals surface area (Å²) < 4.78 is 10.2. The molecule has 5 heteroatoms. The van der Waals surface area contributed by atoms with Gasteiger partial charge in [-0.1, -0.05) is 12.1 Å². The zero-order chi connectivity index (χ0) is 11.5. The Bertz CT molecular complexity index is 453. The number of rotatable bonds is 1. The average Bonchev–Trinajstić information content (AvgIpc) is 2.67. The third-order valence-corrected chi connectivity index (χ3v) is 2.17. The molecule has 0 unspecified atom stereocenters. The van der Waals surface area contributed by atoms with Crippen LogP contribution in [0.1, 0.15) is 6.92 Å². The summed E-state index contributed by atoms with van der Waals surface area (Å²) in [4.78, 5) is 12.9. The number of carbonyl (C=O) groups is 1. The van der Waals surface area contributed by atoms with Crippen LogP contribution in [0, 0.1) is 11.3 Å². The lowest BCUT2D eigenvalue weighted by atomic mass is 10.3. The van der Waals surface area contributed by atoms with E-state index in [-0.39, 0.29) is 6.61 Å². The van der Waals surface area contributed by atoms with Crippen molar-refractivity contribution in [3.8, 4) is 11.8 Å². The van der Waals surface area contributed by atoms with Crippen LogP contribution in [0.4, 0.5) is 10.5 Å². The van der Waals surface area contributed by atoms with Crippen molar-refractivity contribution in [2.24, 2.45) is 0 Å². The van der Waals surface area contributed by atoms with Gasteiger partial charge in [0.25, 0.3) is 6.23 Å². The summed E-state index contributed by atoms with van der Waals surface area (Å²) in [6.07, 6.45) is -1.52. The highest BCUT2D eigenvalue weighted by atomic mass is 16.6. The van der Waals surface area contributed by atoms with Crippen LogP contribution in [0.5, 0.6) is 5.75 Å². The Balaban J connectivity index is 2.35. The first-order chi connectivity index (χ1) is 7.77. The second-order valence-corrected chi connectivity index (χ2v) is 3.14. The number of nitrogens with zero attached hydrogens (tertiary/aromatic N) is 2. The molecule has 16 heavy (non-hydrogen) atoms. The largest absolute Gasteiger partial charge is 0.454 e. The summed E-state index contributed by atoms with van der Waals surface area (Å²) in [5, 5.41) is 8.90. The maximum atomic E-state index is 11.6. The van der Waals surface area contributed by atoms with Gasteiger partial charge in [0.1, 0.15) is 11.8 Å². The van der Waals surface area contributed by atoms with Crippen molar-refractivity contribution in [3.05, 3.63) is 24.3 Å². The normalized spacial score (nSPS) is 17.2. The van der Waals surface area contributed by atoms with E-state index in [9.17, 15) is 4.79 Å². The fourth-order valence-corrected chi connectivity index (χ4v) is 1.53. The highest BCUT2D eigenvalue weighted by molar-refractivity contribution is 5.92. The van der Waals surface area contributed by atoms with Crippen LogP contribution in [0.3, 0.4) is 0 Å². The standard InChI is InChI=1S/C11H10N2O3/c1-2-15-11(14)13-8-5-3-4-6-9(8)16-10(13)7-12/h3-6,10H,2H2,1H3/t10-/m1/s1. The van der Waals surface area contributed by atoms with E-state index in [2.05, 4.69) is 0 Å². The van der Waals surface area contributed by atoms with Gasteiger partial charge in [-0.05, 0) is 19.1 Å². The number of hydrogen-bond donors (Lipinski definition) is 0. The number of anilines is 1. The van der Waals surface area contributed by atoms with E-state index in [4.69, 9.17) is 14.7 Å². The number of nitriles is 1. The number of amides is 1. The van der Waals surface area contributed by atoms with Crippen LogP contribution in [0.15, 0.2) is 24.3 Å². The summed E-state index contributed by atoms with van der Waals surface area (Å²) in [6.45, 7) is 1.97. The van der Waals surface area contributed by atoms with Gasteiger partial charge in [0.15, 0.2) is 0 Å². The molecule has 1 aliphatic heterocycles. The zero-order valence-electron chi connectivity index (χ0n) is 8.71.